The van der Waals surface area contributed by atoms with Gasteiger partial charge in [-0.25, -0.2) is 0 Å². The average Bonchev–Trinajstić information content (AvgIpc) is 2.75. The second kappa shape index (κ2) is 4.73. The molecule has 2 aliphatic rings. The normalized spacial score (nSPS) is 27.8. The molecule has 2 heteroatoms. The number of thioether (sulfide) groups is 1. The fourth-order valence-electron chi connectivity index (χ4n) is 2.40. The van der Waals surface area contributed by atoms with Gasteiger partial charge in [0.05, 0.1) is 0 Å². The van der Waals surface area contributed by atoms with Crippen LogP contribution in [0.3, 0.4) is 0 Å². The number of hydrogen-bond acceptors (Lipinski definition) is 2. The van der Waals surface area contributed by atoms with Crippen LogP contribution in [0.2, 0.25) is 0 Å². The van der Waals surface area contributed by atoms with Gasteiger partial charge in [0.1, 0.15) is 0 Å². The van der Waals surface area contributed by atoms with Crippen LogP contribution in [0.1, 0.15) is 58.3 Å². The van der Waals surface area contributed by atoms with Gasteiger partial charge in [0, 0.05) is 4.75 Å². The molecule has 1 fully saturated rings. The van der Waals surface area contributed by atoms with Crippen molar-refractivity contribution >= 4 is 16.9 Å². The molecule has 1 saturated carbocycles. The van der Waals surface area contributed by atoms with Crippen molar-refractivity contribution in [3.05, 3.63) is 11.6 Å². The zero-order valence-corrected chi connectivity index (χ0v) is 10.4. The molecule has 0 N–H and O–H groups in total. The predicted octanol–water partition coefficient (Wildman–Crippen LogP) is 4.08. The van der Waals surface area contributed by atoms with Gasteiger partial charge in [0.25, 0.3) is 0 Å². The van der Waals surface area contributed by atoms with Crippen molar-refractivity contribution in [3.8, 4) is 0 Å². The Morgan fingerprint density at radius 1 is 1.27 bits per heavy atom. The topological polar surface area (TPSA) is 17.1 Å². The molecule has 0 bridgehead atoms. The van der Waals surface area contributed by atoms with E-state index in [0.29, 0.717) is 9.86 Å². The van der Waals surface area contributed by atoms with Crippen LogP contribution in [0, 0.1) is 0 Å². The average molecular weight is 224 g/mol. The summed E-state index contributed by atoms with van der Waals surface area (Å²) < 4.78 is 0.307. The van der Waals surface area contributed by atoms with Crippen molar-refractivity contribution < 1.29 is 4.79 Å². The van der Waals surface area contributed by atoms with Gasteiger partial charge in [-0.05, 0) is 24.5 Å². The minimum Gasteiger partial charge on any atom is -0.282 e. The third-order valence-corrected chi connectivity index (χ3v) is 4.78. The molecule has 0 amide bonds. The van der Waals surface area contributed by atoms with Gasteiger partial charge in [-0.1, -0.05) is 57.2 Å². The van der Waals surface area contributed by atoms with Gasteiger partial charge in [0.15, 0.2) is 0 Å². The van der Waals surface area contributed by atoms with Crippen molar-refractivity contribution in [2.75, 3.05) is 0 Å². The van der Waals surface area contributed by atoms with Crippen molar-refractivity contribution in [2.24, 2.45) is 0 Å². The first-order valence-corrected chi connectivity index (χ1v) is 7.02. The molecule has 84 valence electrons. The lowest BCUT2D eigenvalue weighted by molar-refractivity contribution is -0.106. The van der Waals surface area contributed by atoms with Crippen molar-refractivity contribution in [1.29, 1.82) is 0 Å². The van der Waals surface area contributed by atoms with E-state index < -0.39 is 0 Å². The minimum atomic E-state index is 0.294. The second-order valence-corrected chi connectivity index (χ2v) is 6.17. The summed E-state index contributed by atoms with van der Waals surface area (Å²) in [5, 5.41) is 0.294. The van der Waals surface area contributed by atoms with Gasteiger partial charge in [-0.15, -0.1) is 0 Å². The first kappa shape index (κ1) is 11.3. The van der Waals surface area contributed by atoms with Gasteiger partial charge in [-0.3, -0.25) is 4.79 Å². The summed E-state index contributed by atoms with van der Waals surface area (Å²) in [4.78, 5) is 11.1. The highest BCUT2D eigenvalue weighted by atomic mass is 32.2. The number of rotatable bonds is 7. The van der Waals surface area contributed by atoms with Crippen LogP contribution in [-0.2, 0) is 4.79 Å². The van der Waals surface area contributed by atoms with Crippen LogP contribution in [0.25, 0.3) is 0 Å². The first-order chi connectivity index (χ1) is 7.27. The van der Waals surface area contributed by atoms with Gasteiger partial charge >= 0.3 is 0 Å². The predicted molar refractivity (Wildman–Crippen MR) is 66.0 cm³/mol. The molecule has 1 aliphatic heterocycles. The van der Waals surface area contributed by atoms with E-state index >= 15 is 0 Å². The number of hydrogen-bond donors (Lipinski definition) is 0. The zero-order chi connectivity index (χ0) is 10.7. The van der Waals surface area contributed by atoms with Gasteiger partial charge in [0.2, 0.25) is 5.12 Å². The molecule has 1 nitrogen and oxygen atoms in total. The molecule has 1 heterocycles. The molecule has 1 atom stereocenters. The molecule has 0 radical (unpaired) electrons. The SMILES string of the molecule is CCCCCCCCC12CC1=CC(=O)S2. The highest BCUT2D eigenvalue weighted by molar-refractivity contribution is 8.16. The molecule has 15 heavy (non-hydrogen) atoms. The quantitative estimate of drug-likeness (QED) is 0.606. The summed E-state index contributed by atoms with van der Waals surface area (Å²) in [7, 11) is 0. The molecule has 0 aromatic heterocycles. The minimum absolute atomic E-state index is 0.294. The number of fused-ring (bicyclic) bond motifs is 1. The summed E-state index contributed by atoms with van der Waals surface area (Å²) >= 11 is 1.58. The smallest absolute Gasteiger partial charge is 0.213 e. The molecule has 0 saturated heterocycles. The van der Waals surface area contributed by atoms with Crippen LogP contribution < -0.4 is 0 Å². The standard InChI is InChI=1S/C13H20OS/c1-2-3-4-5-6-7-8-13-10-11(13)9-12(14)15-13/h9H,2-8,10H2,1H3. The lowest BCUT2D eigenvalue weighted by Gasteiger charge is -2.08. The molecule has 0 spiro atoms. The highest BCUT2D eigenvalue weighted by Gasteiger charge is 2.54. The molecular formula is C13H20OS. The van der Waals surface area contributed by atoms with Gasteiger partial charge in [-0.2, -0.15) is 0 Å². The number of carbonyl (C=O) groups excluding carboxylic acids is 1. The summed E-state index contributed by atoms with van der Waals surface area (Å²) in [6, 6.07) is 0. The Hall–Kier alpha value is -0.240. The van der Waals surface area contributed by atoms with E-state index in [4.69, 9.17) is 0 Å². The van der Waals surface area contributed by atoms with Crippen LogP contribution in [0.4, 0.5) is 0 Å². The van der Waals surface area contributed by atoms with Crippen molar-refractivity contribution in [3.63, 3.8) is 0 Å². The Morgan fingerprint density at radius 2 is 2.00 bits per heavy atom. The lowest BCUT2D eigenvalue weighted by atomic mass is 10.1. The third-order valence-electron chi connectivity index (χ3n) is 3.46. The lowest BCUT2D eigenvalue weighted by Crippen LogP contribution is -2.02. The Balaban J connectivity index is 1.57. The summed E-state index contributed by atoms with van der Waals surface area (Å²) in [6.07, 6.45) is 12.4. The van der Waals surface area contributed by atoms with Crippen molar-refractivity contribution in [1.82, 2.24) is 0 Å². The van der Waals surface area contributed by atoms with Crippen molar-refractivity contribution in [2.45, 2.75) is 63.0 Å². The van der Waals surface area contributed by atoms with E-state index in [1.807, 2.05) is 6.08 Å². The Bertz CT molecular complexity index is 282. The Morgan fingerprint density at radius 3 is 2.67 bits per heavy atom. The van der Waals surface area contributed by atoms with Crippen LogP contribution >= 0.6 is 11.8 Å². The van der Waals surface area contributed by atoms with E-state index in [0.717, 1.165) is 0 Å². The maximum atomic E-state index is 11.1. The molecular weight excluding hydrogens is 204 g/mol. The molecule has 1 aliphatic carbocycles. The van der Waals surface area contributed by atoms with E-state index in [9.17, 15) is 4.79 Å². The van der Waals surface area contributed by atoms with E-state index in [1.54, 1.807) is 11.8 Å². The Kier molecular flexibility index (Phi) is 3.55. The highest BCUT2D eigenvalue weighted by Crippen LogP contribution is 2.61. The Labute approximate surface area is 96.7 Å². The fraction of sp³-hybridized carbons (Fsp3) is 0.769. The summed E-state index contributed by atoms with van der Waals surface area (Å²) in [5.74, 6) is 0. The monoisotopic (exact) mass is 224 g/mol. The van der Waals surface area contributed by atoms with E-state index in [2.05, 4.69) is 6.92 Å². The number of unbranched alkanes of at least 4 members (excludes halogenated alkanes) is 5. The molecule has 2 rings (SSSR count). The summed E-state index contributed by atoms with van der Waals surface area (Å²) in [6.45, 7) is 2.25. The zero-order valence-electron chi connectivity index (χ0n) is 9.55. The van der Waals surface area contributed by atoms with Crippen LogP contribution in [-0.4, -0.2) is 9.86 Å². The third kappa shape index (κ3) is 2.66. The molecule has 0 aromatic rings. The molecule has 0 aromatic carbocycles. The first-order valence-electron chi connectivity index (χ1n) is 6.21. The largest absolute Gasteiger partial charge is 0.282 e. The number of carbonyl (C=O) groups is 1. The second-order valence-electron chi connectivity index (χ2n) is 4.78. The van der Waals surface area contributed by atoms with Gasteiger partial charge < -0.3 is 0 Å². The fourth-order valence-corrected chi connectivity index (χ4v) is 3.65. The summed E-state index contributed by atoms with van der Waals surface area (Å²) in [5.41, 5.74) is 1.42. The van der Waals surface area contributed by atoms with E-state index in [-0.39, 0.29) is 0 Å². The van der Waals surface area contributed by atoms with E-state index in [1.165, 1.54) is 56.9 Å². The van der Waals surface area contributed by atoms with Crippen LogP contribution in [0.15, 0.2) is 11.6 Å². The maximum absolute atomic E-state index is 11.1. The maximum Gasteiger partial charge on any atom is 0.213 e. The molecule has 1 unspecified atom stereocenters. The van der Waals surface area contributed by atoms with Crippen LogP contribution in [0.5, 0.6) is 0 Å².